The summed E-state index contributed by atoms with van der Waals surface area (Å²) in [7, 11) is 1.20. The molecular formula is C11H11FO3S. The summed E-state index contributed by atoms with van der Waals surface area (Å²) in [6, 6.07) is 4.15. The van der Waals surface area contributed by atoms with E-state index in [1.165, 1.54) is 31.0 Å². The molecule has 1 rings (SSSR count). The molecule has 0 spiro atoms. The Balaban J connectivity index is 2.85. The van der Waals surface area contributed by atoms with Gasteiger partial charge in [-0.15, -0.1) is 11.8 Å². The Labute approximate surface area is 97.0 Å². The number of methoxy groups -OCH3 is 1. The molecule has 0 heterocycles. The van der Waals surface area contributed by atoms with Crippen LogP contribution in [0.1, 0.15) is 16.8 Å². The summed E-state index contributed by atoms with van der Waals surface area (Å²) in [6.07, 6.45) is 1.38. The third-order valence-corrected chi connectivity index (χ3v) is 2.78. The zero-order chi connectivity index (χ0) is 12.1. The van der Waals surface area contributed by atoms with Crippen LogP contribution in [0.5, 0.6) is 0 Å². The highest BCUT2D eigenvalue weighted by Gasteiger charge is 2.13. The number of ether oxygens (including phenoxy) is 1. The minimum Gasteiger partial charge on any atom is -0.469 e. The normalized spacial score (nSPS) is 9.94. The van der Waals surface area contributed by atoms with Crippen LogP contribution < -0.4 is 0 Å². The van der Waals surface area contributed by atoms with Crippen LogP contribution in [0.3, 0.4) is 0 Å². The average molecular weight is 242 g/mol. The summed E-state index contributed by atoms with van der Waals surface area (Å²) in [6.45, 7) is 0. The number of halogens is 1. The maximum Gasteiger partial charge on any atom is 0.313 e. The monoisotopic (exact) mass is 242 g/mol. The van der Waals surface area contributed by atoms with Crippen molar-refractivity contribution in [1.82, 2.24) is 0 Å². The van der Waals surface area contributed by atoms with E-state index in [4.69, 9.17) is 0 Å². The fourth-order valence-corrected chi connectivity index (χ4v) is 1.60. The van der Waals surface area contributed by atoms with Crippen molar-refractivity contribution in [2.24, 2.45) is 0 Å². The number of ketones is 1. The lowest BCUT2D eigenvalue weighted by molar-refractivity contribution is -0.139. The second-order valence-corrected chi connectivity index (χ2v) is 3.87. The maximum atomic E-state index is 13.3. The second kappa shape index (κ2) is 5.65. The Morgan fingerprint density at radius 1 is 1.44 bits per heavy atom. The first kappa shape index (κ1) is 12.7. The van der Waals surface area contributed by atoms with Crippen molar-refractivity contribution in [3.8, 4) is 0 Å². The Bertz CT molecular complexity index is 418. The van der Waals surface area contributed by atoms with Crippen molar-refractivity contribution < 1.29 is 18.7 Å². The van der Waals surface area contributed by atoms with Crippen LogP contribution in [-0.2, 0) is 9.53 Å². The van der Waals surface area contributed by atoms with Gasteiger partial charge in [-0.3, -0.25) is 9.59 Å². The van der Waals surface area contributed by atoms with Crippen molar-refractivity contribution in [3.05, 3.63) is 29.6 Å². The lowest BCUT2D eigenvalue weighted by Crippen LogP contribution is -2.09. The maximum absolute atomic E-state index is 13.3. The molecule has 0 saturated heterocycles. The SMILES string of the molecule is COC(=O)CC(=O)c1ccc(SC)c(F)c1. The molecule has 0 aliphatic heterocycles. The van der Waals surface area contributed by atoms with Crippen LogP contribution in [0.15, 0.2) is 23.1 Å². The van der Waals surface area contributed by atoms with Crippen molar-refractivity contribution in [3.63, 3.8) is 0 Å². The van der Waals surface area contributed by atoms with E-state index in [1.807, 2.05) is 0 Å². The number of hydrogen-bond donors (Lipinski definition) is 0. The van der Waals surface area contributed by atoms with Gasteiger partial charge in [-0.05, 0) is 18.4 Å². The zero-order valence-corrected chi connectivity index (χ0v) is 9.77. The van der Waals surface area contributed by atoms with Crippen molar-refractivity contribution in [2.75, 3.05) is 13.4 Å². The van der Waals surface area contributed by atoms with Crippen LogP contribution in [0.25, 0.3) is 0 Å². The summed E-state index contributed by atoms with van der Waals surface area (Å²) in [5.74, 6) is -1.53. The molecule has 0 bridgehead atoms. The summed E-state index contributed by atoms with van der Waals surface area (Å²) in [5, 5.41) is 0. The van der Waals surface area contributed by atoms with Gasteiger partial charge < -0.3 is 4.74 Å². The van der Waals surface area contributed by atoms with Gasteiger partial charge in [0.25, 0.3) is 0 Å². The minimum atomic E-state index is -0.626. The molecule has 0 aliphatic carbocycles. The van der Waals surface area contributed by atoms with Gasteiger partial charge in [0.2, 0.25) is 0 Å². The van der Waals surface area contributed by atoms with E-state index in [0.29, 0.717) is 4.90 Å². The first-order valence-electron chi connectivity index (χ1n) is 4.52. The molecule has 3 nitrogen and oxygen atoms in total. The molecular weight excluding hydrogens is 231 g/mol. The number of carbonyl (C=O) groups is 2. The zero-order valence-electron chi connectivity index (χ0n) is 8.95. The molecule has 1 aromatic rings. The number of benzene rings is 1. The lowest BCUT2D eigenvalue weighted by Gasteiger charge is -2.03. The van der Waals surface area contributed by atoms with E-state index < -0.39 is 17.6 Å². The van der Waals surface area contributed by atoms with Crippen molar-refractivity contribution >= 4 is 23.5 Å². The van der Waals surface area contributed by atoms with Crippen LogP contribution in [0, 0.1) is 5.82 Å². The van der Waals surface area contributed by atoms with Gasteiger partial charge >= 0.3 is 5.97 Å². The standard InChI is InChI=1S/C11H11FO3S/c1-15-11(14)6-9(13)7-3-4-10(16-2)8(12)5-7/h3-5H,6H2,1-2H3. The molecule has 0 fully saturated rings. The minimum absolute atomic E-state index is 0.181. The molecule has 86 valence electrons. The molecule has 0 radical (unpaired) electrons. The average Bonchev–Trinajstić information content (AvgIpc) is 2.28. The Morgan fingerprint density at radius 3 is 2.62 bits per heavy atom. The third-order valence-electron chi connectivity index (χ3n) is 2.01. The highest BCUT2D eigenvalue weighted by Crippen LogP contribution is 2.20. The molecule has 0 saturated carbocycles. The number of Topliss-reactive ketones (excluding diaryl/α,β-unsaturated/α-hetero) is 1. The predicted octanol–water partition coefficient (Wildman–Crippen LogP) is 2.29. The molecule has 1 aromatic carbocycles. The van der Waals surface area contributed by atoms with E-state index in [0.717, 1.165) is 6.07 Å². The summed E-state index contributed by atoms with van der Waals surface area (Å²) < 4.78 is 17.7. The Hall–Kier alpha value is -1.36. The highest BCUT2D eigenvalue weighted by atomic mass is 32.2. The molecule has 5 heteroatoms. The van der Waals surface area contributed by atoms with Crippen LogP contribution in [0.2, 0.25) is 0 Å². The number of carbonyl (C=O) groups excluding carboxylic acids is 2. The molecule has 0 unspecified atom stereocenters. The van der Waals surface area contributed by atoms with Gasteiger partial charge in [0.05, 0.1) is 7.11 Å². The number of hydrogen-bond acceptors (Lipinski definition) is 4. The third kappa shape index (κ3) is 3.06. The first-order valence-corrected chi connectivity index (χ1v) is 5.74. The summed E-state index contributed by atoms with van der Waals surface area (Å²) >= 11 is 1.26. The quantitative estimate of drug-likeness (QED) is 0.351. The number of thioether (sulfide) groups is 1. The van der Waals surface area contributed by atoms with Crippen LogP contribution >= 0.6 is 11.8 Å². The second-order valence-electron chi connectivity index (χ2n) is 3.03. The van der Waals surface area contributed by atoms with Crippen LogP contribution in [-0.4, -0.2) is 25.1 Å². The lowest BCUT2D eigenvalue weighted by atomic mass is 10.1. The summed E-state index contributed by atoms with van der Waals surface area (Å²) in [5.41, 5.74) is 0.181. The highest BCUT2D eigenvalue weighted by molar-refractivity contribution is 7.98. The van der Waals surface area contributed by atoms with Gasteiger partial charge in [0, 0.05) is 10.5 Å². The predicted molar refractivity (Wildman–Crippen MR) is 59.1 cm³/mol. The van der Waals surface area contributed by atoms with E-state index >= 15 is 0 Å². The Morgan fingerprint density at radius 2 is 2.12 bits per heavy atom. The van der Waals surface area contributed by atoms with Gasteiger partial charge in [-0.1, -0.05) is 6.07 Å². The van der Waals surface area contributed by atoms with Crippen molar-refractivity contribution in [1.29, 1.82) is 0 Å². The van der Waals surface area contributed by atoms with Gasteiger partial charge in [-0.2, -0.15) is 0 Å². The Kier molecular flexibility index (Phi) is 4.49. The van der Waals surface area contributed by atoms with Gasteiger partial charge in [0.1, 0.15) is 12.2 Å². The summed E-state index contributed by atoms with van der Waals surface area (Å²) in [4.78, 5) is 22.8. The number of esters is 1. The largest absolute Gasteiger partial charge is 0.469 e. The molecule has 0 N–H and O–H groups in total. The van der Waals surface area contributed by atoms with E-state index in [9.17, 15) is 14.0 Å². The number of rotatable bonds is 4. The fourth-order valence-electron chi connectivity index (χ4n) is 1.15. The molecule has 16 heavy (non-hydrogen) atoms. The molecule has 0 aromatic heterocycles. The molecule has 0 amide bonds. The van der Waals surface area contributed by atoms with Gasteiger partial charge in [-0.25, -0.2) is 4.39 Å². The molecule has 0 aliphatic rings. The molecule has 0 atom stereocenters. The van der Waals surface area contributed by atoms with Crippen LogP contribution in [0.4, 0.5) is 4.39 Å². The van der Waals surface area contributed by atoms with E-state index in [1.54, 1.807) is 6.26 Å². The fraction of sp³-hybridized carbons (Fsp3) is 0.273. The van der Waals surface area contributed by atoms with Gasteiger partial charge in [0.15, 0.2) is 5.78 Å². The van der Waals surface area contributed by atoms with E-state index in [-0.39, 0.29) is 12.0 Å². The first-order chi connectivity index (χ1) is 7.58. The van der Waals surface area contributed by atoms with Crippen molar-refractivity contribution in [2.45, 2.75) is 11.3 Å². The topological polar surface area (TPSA) is 43.4 Å². The smallest absolute Gasteiger partial charge is 0.313 e. The van der Waals surface area contributed by atoms with E-state index in [2.05, 4.69) is 4.74 Å².